The maximum absolute atomic E-state index is 16.0. The number of benzene rings is 9. The summed E-state index contributed by atoms with van der Waals surface area (Å²) >= 11 is 0. The molecule has 0 N–H and O–H groups in total. The van der Waals surface area contributed by atoms with Crippen LogP contribution in [0.4, 0.5) is 0 Å². The first-order chi connectivity index (χ1) is 31.1. The lowest BCUT2D eigenvalue weighted by molar-refractivity contribution is 0.593. The number of aromatic nitrogens is 2. The number of fused-ring (bicyclic) bond motifs is 7. The minimum absolute atomic E-state index is 0.849. The Bertz CT molecular complexity index is 3440. The molecule has 11 aromatic rings. The molecular weight excluding hydrogens is 784 g/mol. The Morgan fingerprint density at radius 1 is 0.365 bits per heavy atom. The van der Waals surface area contributed by atoms with Crippen LogP contribution < -0.4 is 15.9 Å². The van der Waals surface area contributed by atoms with E-state index in [1.165, 1.54) is 22.3 Å². The fourth-order valence-electron chi connectivity index (χ4n) is 9.57. The van der Waals surface area contributed by atoms with E-state index in [2.05, 4.69) is 199 Å². The van der Waals surface area contributed by atoms with Gasteiger partial charge in [-0.1, -0.05) is 206 Å². The van der Waals surface area contributed by atoms with Gasteiger partial charge in [-0.3, -0.25) is 0 Å². The molecule has 63 heavy (non-hydrogen) atoms. The van der Waals surface area contributed by atoms with E-state index >= 15 is 4.57 Å². The van der Waals surface area contributed by atoms with Crippen molar-refractivity contribution in [1.29, 1.82) is 0 Å². The van der Waals surface area contributed by atoms with E-state index in [0.717, 1.165) is 88.2 Å². The summed E-state index contributed by atoms with van der Waals surface area (Å²) in [5.74, 6) is 0. The van der Waals surface area contributed by atoms with Crippen molar-refractivity contribution in [3.63, 3.8) is 0 Å². The zero-order chi connectivity index (χ0) is 41.9. The van der Waals surface area contributed by atoms with Gasteiger partial charge in [-0.2, -0.15) is 0 Å². The Balaban J connectivity index is 1.01. The quantitative estimate of drug-likeness (QED) is 0.150. The first-order valence-electron chi connectivity index (χ1n) is 21.4. The molecule has 0 radical (unpaired) electrons. The molecule has 4 heteroatoms. The standard InChI is InChI=1S/C59H39N2OP/c62-63(49-18-8-3-9-19-49)57-23-13-11-21-51(57)53-37-36-52-50-20-10-12-22-56(50)61(58(52)59(53)63)48-34-32-46(33-35-48)55-39-47(44-26-24-42(25-27-44)40-14-4-1-5-15-40)38-54(60-55)45-30-28-43(29-31-45)41-16-6-2-7-17-41/h1-39H. The molecule has 1 aliphatic rings. The monoisotopic (exact) mass is 822 g/mol. The van der Waals surface area contributed by atoms with Crippen molar-refractivity contribution in [3.8, 4) is 72.7 Å². The number of nitrogens with zero attached hydrogens (tertiary/aromatic N) is 2. The van der Waals surface area contributed by atoms with Crippen LogP contribution in [0.2, 0.25) is 0 Å². The Labute approximate surface area is 366 Å². The molecule has 296 valence electrons. The van der Waals surface area contributed by atoms with Gasteiger partial charge in [-0.05, 0) is 74.8 Å². The SMILES string of the molecule is O=P1(c2ccccc2)c2ccccc2-c2ccc3c4ccccc4n(-c4ccc(-c5cc(-c6ccc(-c7ccccc7)cc6)cc(-c6ccc(-c7ccccc7)cc6)n5)cc4)c3c21. The molecule has 1 aliphatic heterocycles. The van der Waals surface area contributed by atoms with Crippen molar-refractivity contribution < 1.29 is 4.57 Å². The highest BCUT2D eigenvalue weighted by molar-refractivity contribution is 7.86. The van der Waals surface area contributed by atoms with Gasteiger partial charge < -0.3 is 9.13 Å². The van der Waals surface area contributed by atoms with Gasteiger partial charge in [0.2, 0.25) is 0 Å². The summed E-state index contributed by atoms with van der Waals surface area (Å²) in [5.41, 5.74) is 16.0. The molecule has 9 aromatic carbocycles. The second kappa shape index (κ2) is 15.0. The van der Waals surface area contributed by atoms with E-state index in [1.54, 1.807) is 0 Å². The first kappa shape index (κ1) is 37.0. The maximum Gasteiger partial charge on any atom is 0.174 e. The normalized spacial score (nSPS) is 14.2. The highest BCUT2D eigenvalue weighted by Crippen LogP contribution is 2.55. The van der Waals surface area contributed by atoms with Crippen molar-refractivity contribution in [1.82, 2.24) is 9.55 Å². The van der Waals surface area contributed by atoms with Crippen LogP contribution in [0.3, 0.4) is 0 Å². The topological polar surface area (TPSA) is 34.9 Å². The predicted molar refractivity (Wildman–Crippen MR) is 264 cm³/mol. The van der Waals surface area contributed by atoms with Crippen molar-refractivity contribution in [2.45, 2.75) is 0 Å². The summed E-state index contributed by atoms with van der Waals surface area (Å²) in [7, 11) is -3.25. The van der Waals surface area contributed by atoms with E-state index in [0.29, 0.717) is 0 Å². The third-order valence-corrected chi connectivity index (χ3v) is 15.8. The second-order valence-corrected chi connectivity index (χ2v) is 18.9. The van der Waals surface area contributed by atoms with Crippen LogP contribution >= 0.6 is 7.14 Å². The molecule has 3 heterocycles. The molecule has 0 saturated heterocycles. The van der Waals surface area contributed by atoms with Gasteiger partial charge in [0.1, 0.15) is 0 Å². The van der Waals surface area contributed by atoms with Crippen molar-refractivity contribution in [3.05, 3.63) is 237 Å². The van der Waals surface area contributed by atoms with Crippen molar-refractivity contribution >= 4 is 44.9 Å². The lowest BCUT2D eigenvalue weighted by Crippen LogP contribution is -2.22. The van der Waals surface area contributed by atoms with Crippen LogP contribution in [0, 0.1) is 0 Å². The average molecular weight is 823 g/mol. The van der Waals surface area contributed by atoms with Gasteiger partial charge in [-0.15, -0.1) is 0 Å². The molecule has 12 rings (SSSR count). The highest BCUT2D eigenvalue weighted by atomic mass is 31.2. The Morgan fingerprint density at radius 2 is 0.841 bits per heavy atom. The van der Waals surface area contributed by atoms with E-state index in [4.69, 9.17) is 4.98 Å². The summed E-state index contributed by atoms with van der Waals surface area (Å²) in [6.07, 6.45) is 0. The smallest absolute Gasteiger partial charge is 0.174 e. The van der Waals surface area contributed by atoms with Crippen LogP contribution in [0.1, 0.15) is 0 Å². The van der Waals surface area contributed by atoms with Gasteiger partial charge >= 0.3 is 0 Å². The number of hydrogen-bond acceptors (Lipinski definition) is 2. The van der Waals surface area contributed by atoms with E-state index in [-0.39, 0.29) is 0 Å². The summed E-state index contributed by atoms with van der Waals surface area (Å²) in [6, 6.07) is 82.9. The molecule has 0 aliphatic carbocycles. The fraction of sp³-hybridized carbons (Fsp3) is 0. The van der Waals surface area contributed by atoms with Gasteiger partial charge in [0.25, 0.3) is 0 Å². The number of rotatable bonds is 7. The molecule has 0 bridgehead atoms. The van der Waals surface area contributed by atoms with Crippen LogP contribution in [-0.2, 0) is 4.57 Å². The fourth-order valence-corrected chi connectivity index (χ4v) is 12.8. The third kappa shape index (κ3) is 6.12. The molecule has 0 amide bonds. The molecule has 0 fully saturated rings. The van der Waals surface area contributed by atoms with Crippen LogP contribution in [0.25, 0.3) is 94.5 Å². The van der Waals surface area contributed by atoms with Crippen molar-refractivity contribution in [2.75, 3.05) is 0 Å². The average Bonchev–Trinajstić information content (AvgIpc) is 3.84. The van der Waals surface area contributed by atoms with Crippen LogP contribution in [-0.4, -0.2) is 9.55 Å². The van der Waals surface area contributed by atoms with E-state index < -0.39 is 7.14 Å². The molecular formula is C59H39N2OP. The molecule has 0 spiro atoms. The highest BCUT2D eigenvalue weighted by Gasteiger charge is 2.42. The molecule has 1 unspecified atom stereocenters. The minimum atomic E-state index is -3.25. The molecule has 3 nitrogen and oxygen atoms in total. The molecule has 0 saturated carbocycles. The van der Waals surface area contributed by atoms with E-state index in [1.807, 2.05) is 42.5 Å². The van der Waals surface area contributed by atoms with Crippen molar-refractivity contribution in [2.24, 2.45) is 0 Å². The largest absolute Gasteiger partial charge is 0.309 e. The Kier molecular flexibility index (Phi) is 8.78. The second-order valence-electron chi connectivity index (χ2n) is 16.2. The zero-order valence-corrected chi connectivity index (χ0v) is 35.2. The third-order valence-electron chi connectivity index (χ3n) is 12.6. The van der Waals surface area contributed by atoms with Gasteiger partial charge in [0.05, 0.1) is 27.7 Å². The summed E-state index contributed by atoms with van der Waals surface area (Å²) in [6.45, 7) is 0. The lowest BCUT2D eigenvalue weighted by atomic mass is 9.97. The minimum Gasteiger partial charge on any atom is -0.309 e. The zero-order valence-electron chi connectivity index (χ0n) is 34.3. The van der Waals surface area contributed by atoms with Crippen LogP contribution in [0.15, 0.2) is 237 Å². The van der Waals surface area contributed by atoms with Gasteiger partial charge in [0.15, 0.2) is 7.14 Å². The van der Waals surface area contributed by atoms with Crippen LogP contribution in [0.5, 0.6) is 0 Å². The Hall–Kier alpha value is -7.84. The number of para-hydroxylation sites is 1. The lowest BCUT2D eigenvalue weighted by Gasteiger charge is -2.19. The summed E-state index contributed by atoms with van der Waals surface area (Å²) < 4.78 is 18.4. The first-order valence-corrected chi connectivity index (χ1v) is 23.1. The summed E-state index contributed by atoms with van der Waals surface area (Å²) in [5, 5.41) is 4.88. The number of pyridine rings is 1. The molecule has 1 atom stereocenters. The van der Waals surface area contributed by atoms with Gasteiger partial charge in [-0.25, -0.2) is 4.98 Å². The number of hydrogen-bond donors (Lipinski definition) is 0. The van der Waals surface area contributed by atoms with Gasteiger partial charge in [0, 0.05) is 38.2 Å². The predicted octanol–water partition coefficient (Wildman–Crippen LogP) is 14.1. The molecule has 2 aromatic heterocycles. The maximum atomic E-state index is 16.0. The van der Waals surface area contributed by atoms with E-state index in [9.17, 15) is 0 Å². The Morgan fingerprint density at radius 3 is 1.46 bits per heavy atom. The summed E-state index contributed by atoms with van der Waals surface area (Å²) in [4.78, 5) is 5.34.